The number of furan rings is 1. The molecular formula is C17H23NO3. The maximum absolute atomic E-state index is 5.98. The Morgan fingerprint density at radius 3 is 3.05 bits per heavy atom. The smallest absolute Gasteiger partial charge is 0.135 e. The van der Waals surface area contributed by atoms with Crippen molar-refractivity contribution in [3.8, 4) is 0 Å². The maximum Gasteiger partial charge on any atom is 0.135 e. The first-order valence-corrected chi connectivity index (χ1v) is 7.78. The second kappa shape index (κ2) is 7.07. The van der Waals surface area contributed by atoms with Crippen LogP contribution < -0.4 is 5.32 Å². The summed E-state index contributed by atoms with van der Waals surface area (Å²) in [5.41, 5.74) is 2.16. The van der Waals surface area contributed by atoms with E-state index < -0.39 is 0 Å². The van der Waals surface area contributed by atoms with Crippen LogP contribution in [0.25, 0.3) is 11.0 Å². The minimum atomic E-state index is 0.203. The SMILES string of the molecule is CCCNCc1c(COC2CCOC2)oc2ccccc12. The molecule has 0 aliphatic carbocycles. The van der Waals surface area contributed by atoms with Crippen LogP contribution in [0.2, 0.25) is 0 Å². The Balaban J connectivity index is 1.76. The fourth-order valence-corrected chi connectivity index (χ4v) is 2.69. The number of rotatable bonds is 7. The van der Waals surface area contributed by atoms with Crippen molar-refractivity contribution in [1.82, 2.24) is 5.32 Å². The lowest BCUT2D eigenvalue weighted by Gasteiger charge is -2.10. The summed E-state index contributed by atoms with van der Waals surface area (Å²) < 4.78 is 17.2. The number of hydrogen-bond donors (Lipinski definition) is 1. The topological polar surface area (TPSA) is 43.6 Å². The van der Waals surface area contributed by atoms with Gasteiger partial charge in [-0.15, -0.1) is 0 Å². The molecule has 0 amide bonds. The predicted molar refractivity (Wildman–Crippen MR) is 82.2 cm³/mol. The van der Waals surface area contributed by atoms with Crippen LogP contribution in [-0.2, 0) is 22.6 Å². The molecule has 2 aromatic rings. The highest BCUT2D eigenvalue weighted by Gasteiger charge is 2.19. The molecule has 4 nitrogen and oxygen atoms in total. The van der Waals surface area contributed by atoms with Gasteiger partial charge in [0.1, 0.15) is 18.0 Å². The molecule has 4 heteroatoms. The van der Waals surface area contributed by atoms with Gasteiger partial charge in [0.15, 0.2) is 0 Å². The number of ether oxygens (including phenoxy) is 2. The Morgan fingerprint density at radius 2 is 2.24 bits per heavy atom. The summed E-state index contributed by atoms with van der Waals surface area (Å²) in [5, 5.41) is 4.64. The first-order chi connectivity index (χ1) is 10.4. The lowest BCUT2D eigenvalue weighted by atomic mass is 10.1. The Bertz CT molecular complexity index is 572. The maximum atomic E-state index is 5.98. The third-order valence-corrected chi connectivity index (χ3v) is 3.85. The minimum Gasteiger partial charge on any atom is -0.458 e. The Hall–Kier alpha value is -1.36. The highest BCUT2D eigenvalue weighted by Crippen LogP contribution is 2.27. The fraction of sp³-hybridized carbons (Fsp3) is 0.529. The van der Waals surface area contributed by atoms with Gasteiger partial charge in [0.2, 0.25) is 0 Å². The molecule has 114 valence electrons. The second-order valence-electron chi connectivity index (χ2n) is 5.47. The van der Waals surface area contributed by atoms with Gasteiger partial charge in [-0.25, -0.2) is 0 Å². The molecule has 0 spiro atoms. The van der Waals surface area contributed by atoms with Crippen LogP contribution >= 0.6 is 0 Å². The Kier molecular flexibility index (Phi) is 4.91. The number of fused-ring (bicyclic) bond motifs is 1. The van der Waals surface area contributed by atoms with Crippen molar-refractivity contribution in [2.24, 2.45) is 0 Å². The lowest BCUT2D eigenvalue weighted by molar-refractivity contribution is 0.0236. The van der Waals surface area contributed by atoms with E-state index in [9.17, 15) is 0 Å². The molecule has 1 aliphatic heterocycles. The van der Waals surface area contributed by atoms with Crippen molar-refractivity contribution in [2.75, 3.05) is 19.8 Å². The van der Waals surface area contributed by atoms with Gasteiger partial charge in [0, 0.05) is 24.1 Å². The second-order valence-corrected chi connectivity index (χ2v) is 5.47. The zero-order valence-electron chi connectivity index (χ0n) is 12.6. The van der Waals surface area contributed by atoms with Crippen LogP contribution in [0.5, 0.6) is 0 Å². The monoisotopic (exact) mass is 289 g/mol. The summed E-state index contributed by atoms with van der Waals surface area (Å²) in [4.78, 5) is 0. The molecule has 1 N–H and O–H groups in total. The van der Waals surface area contributed by atoms with Gasteiger partial charge in [0.05, 0.1) is 12.7 Å². The van der Waals surface area contributed by atoms with Gasteiger partial charge >= 0.3 is 0 Å². The van der Waals surface area contributed by atoms with Gasteiger partial charge in [0.25, 0.3) is 0 Å². The fourth-order valence-electron chi connectivity index (χ4n) is 2.69. The average molecular weight is 289 g/mol. The van der Waals surface area contributed by atoms with Crippen molar-refractivity contribution < 1.29 is 13.9 Å². The molecule has 1 atom stereocenters. The number of hydrogen-bond acceptors (Lipinski definition) is 4. The predicted octanol–water partition coefficient (Wildman–Crippen LogP) is 3.24. The van der Waals surface area contributed by atoms with Crippen LogP contribution in [0.4, 0.5) is 0 Å². The van der Waals surface area contributed by atoms with Crippen molar-refractivity contribution in [2.45, 2.75) is 39.0 Å². The summed E-state index contributed by atoms with van der Waals surface area (Å²) in [6, 6.07) is 8.19. The highest BCUT2D eigenvalue weighted by atomic mass is 16.5. The van der Waals surface area contributed by atoms with Gasteiger partial charge in [-0.2, -0.15) is 0 Å². The van der Waals surface area contributed by atoms with E-state index in [1.807, 2.05) is 12.1 Å². The van der Waals surface area contributed by atoms with Gasteiger partial charge in [-0.3, -0.25) is 0 Å². The van der Waals surface area contributed by atoms with Crippen LogP contribution in [0.3, 0.4) is 0 Å². The Labute approximate surface area is 125 Å². The van der Waals surface area contributed by atoms with Gasteiger partial charge < -0.3 is 19.2 Å². The van der Waals surface area contributed by atoms with Crippen LogP contribution in [0.1, 0.15) is 31.1 Å². The summed E-state index contributed by atoms with van der Waals surface area (Å²) in [7, 11) is 0. The number of para-hydroxylation sites is 1. The summed E-state index contributed by atoms with van der Waals surface area (Å²) in [6.07, 6.45) is 2.31. The molecule has 1 aliphatic rings. The molecule has 1 fully saturated rings. The molecule has 0 saturated carbocycles. The van der Waals surface area contributed by atoms with E-state index in [2.05, 4.69) is 24.4 Å². The zero-order valence-corrected chi connectivity index (χ0v) is 12.6. The first-order valence-electron chi connectivity index (χ1n) is 7.78. The number of benzene rings is 1. The van der Waals surface area contributed by atoms with Crippen molar-refractivity contribution in [3.63, 3.8) is 0 Å². The van der Waals surface area contributed by atoms with Crippen LogP contribution in [0.15, 0.2) is 28.7 Å². The largest absolute Gasteiger partial charge is 0.458 e. The molecule has 1 aromatic heterocycles. The third-order valence-electron chi connectivity index (χ3n) is 3.85. The molecule has 1 saturated heterocycles. The summed E-state index contributed by atoms with van der Waals surface area (Å²) in [6.45, 7) is 6.02. The van der Waals surface area contributed by atoms with Crippen LogP contribution in [-0.4, -0.2) is 25.9 Å². The average Bonchev–Trinajstić information content (AvgIpc) is 3.13. The third kappa shape index (κ3) is 3.46. The minimum absolute atomic E-state index is 0.203. The van der Waals surface area contributed by atoms with E-state index in [4.69, 9.17) is 13.9 Å². The molecule has 3 rings (SSSR count). The van der Waals surface area contributed by atoms with Crippen molar-refractivity contribution >= 4 is 11.0 Å². The standard InChI is InChI=1S/C17H23NO3/c1-2-8-18-10-15-14-5-3-4-6-16(14)21-17(15)12-20-13-7-9-19-11-13/h3-6,13,18H,2,7-12H2,1H3. The molecule has 0 radical (unpaired) electrons. The number of nitrogens with one attached hydrogen (secondary N) is 1. The molecule has 0 bridgehead atoms. The highest BCUT2D eigenvalue weighted by molar-refractivity contribution is 5.82. The lowest BCUT2D eigenvalue weighted by Crippen LogP contribution is -2.16. The molecule has 1 aromatic carbocycles. The van der Waals surface area contributed by atoms with Crippen LogP contribution in [0, 0.1) is 0 Å². The van der Waals surface area contributed by atoms with Gasteiger partial charge in [-0.1, -0.05) is 25.1 Å². The summed E-state index contributed by atoms with van der Waals surface area (Å²) >= 11 is 0. The molecule has 21 heavy (non-hydrogen) atoms. The molecular weight excluding hydrogens is 266 g/mol. The summed E-state index contributed by atoms with van der Waals surface area (Å²) in [5.74, 6) is 0.937. The quantitative estimate of drug-likeness (QED) is 0.795. The van der Waals surface area contributed by atoms with Crippen molar-refractivity contribution in [3.05, 3.63) is 35.6 Å². The van der Waals surface area contributed by atoms with Crippen molar-refractivity contribution in [1.29, 1.82) is 0 Å². The van der Waals surface area contributed by atoms with E-state index >= 15 is 0 Å². The van der Waals surface area contributed by atoms with E-state index in [-0.39, 0.29) is 6.10 Å². The molecule has 1 unspecified atom stereocenters. The first kappa shape index (κ1) is 14.6. The van der Waals surface area contributed by atoms with E-state index in [0.717, 1.165) is 43.9 Å². The van der Waals surface area contributed by atoms with Gasteiger partial charge in [-0.05, 0) is 25.5 Å². The zero-order chi connectivity index (χ0) is 14.5. The molecule has 2 heterocycles. The van der Waals surface area contributed by atoms with E-state index in [1.54, 1.807) is 0 Å². The Morgan fingerprint density at radius 1 is 1.33 bits per heavy atom. The van der Waals surface area contributed by atoms with E-state index in [1.165, 1.54) is 10.9 Å². The normalized spacial score (nSPS) is 18.6. The van der Waals surface area contributed by atoms with E-state index in [0.29, 0.717) is 13.2 Å².